The van der Waals surface area contributed by atoms with Crippen molar-refractivity contribution in [2.24, 2.45) is 0 Å². The largest absolute Gasteiger partial charge is 0.306 e. The molecule has 2 aromatic carbocycles. The summed E-state index contributed by atoms with van der Waals surface area (Å²) >= 11 is 5.48. The second kappa shape index (κ2) is 6.30. The van der Waals surface area contributed by atoms with Crippen LogP contribution in [0, 0.1) is 6.92 Å². The van der Waals surface area contributed by atoms with Gasteiger partial charge in [0.15, 0.2) is 0 Å². The lowest BCUT2D eigenvalue weighted by Gasteiger charge is -2.20. The van der Waals surface area contributed by atoms with E-state index in [0.29, 0.717) is 0 Å². The number of hydrogen-bond donors (Lipinski definition) is 1. The van der Waals surface area contributed by atoms with Crippen molar-refractivity contribution in [3.05, 3.63) is 68.3 Å². The van der Waals surface area contributed by atoms with E-state index in [4.69, 9.17) is 0 Å². The number of benzene rings is 2. The number of rotatable bonds is 4. The molecule has 0 aliphatic heterocycles. The first-order valence-electron chi connectivity index (χ1n) is 7.17. The van der Waals surface area contributed by atoms with Gasteiger partial charge in [-0.25, -0.2) is 0 Å². The zero-order chi connectivity index (χ0) is 14.8. The van der Waals surface area contributed by atoms with Crippen LogP contribution in [-0.2, 0) is 0 Å². The lowest BCUT2D eigenvalue weighted by molar-refractivity contribution is 0.641. The van der Waals surface area contributed by atoms with E-state index < -0.39 is 0 Å². The van der Waals surface area contributed by atoms with Gasteiger partial charge in [-0.1, -0.05) is 43.3 Å². The Morgan fingerprint density at radius 2 is 1.86 bits per heavy atom. The minimum atomic E-state index is 0.231. The number of fused-ring (bicyclic) bond motifs is 1. The van der Waals surface area contributed by atoms with Gasteiger partial charge in [0.1, 0.15) is 0 Å². The number of nitrogens with one attached hydrogen (secondary N) is 1. The van der Waals surface area contributed by atoms with E-state index in [1.165, 1.54) is 31.2 Å². The third kappa shape index (κ3) is 2.78. The molecule has 0 amide bonds. The van der Waals surface area contributed by atoms with Crippen LogP contribution in [0.25, 0.3) is 10.8 Å². The third-order valence-corrected chi connectivity index (χ3v) is 5.74. The molecule has 0 aliphatic carbocycles. The van der Waals surface area contributed by atoms with Gasteiger partial charge in [0.2, 0.25) is 0 Å². The Bertz CT molecular complexity index is 763. The molecule has 0 aliphatic rings. The van der Waals surface area contributed by atoms with Gasteiger partial charge in [0.25, 0.3) is 0 Å². The van der Waals surface area contributed by atoms with Crippen molar-refractivity contribution in [3.8, 4) is 0 Å². The van der Waals surface area contributed by atoms with Gasteiger partial charge in [-0.2, -0.15) is 0 Å². The maximum absolute atomic E-state index is 3.68. The molecule has 21 heavy (non-hydrogen) atoms. The fraction of sp³-hybridized carbons (Fsp3) is 0.222. The highest BCUT2D eigenvalue weighted by molar-refractivity contribution is 9.10. The van der Waals surface area contributed by atoms with Gasteiger partial charge in [-0.05, 0) is 62.7 Å². The smallest absolute Gasteiger partial charge is 0.0688 e. The molecule has 3 rings (SSSR count). The Morgan fingerprint density at radius 3 is 2.52 bits per heavy atom. The maximum Gasteiger partial charge on any atom is 0.0688 e. The molecule has 1 N–H and O–H groups in total. The minimum absolute atomic E-state index is 0.231. The summed E-state index contributed by atoms with van der Waals surface area (Å²) in [5.41, 5.74) is 2.68. The Balaban J connectivity index is 2.21. The molecule has 1 aromatic heterocycles. The number of thiophene rings is 1. The number of halogens is 1. The van der Waals surface area contributed by atoms with Gasteiger partial charge in [-0.15, -0.1) is 11.3 Å². The van der Waals surface area contributed by atoms with Crippen molar-refractivity contribution < 1.29 is 0 Å². The molecule has 0 fully saturated rings. The predicted molar refractivity (Wildman–Crippen MR) is 96.2 cm³/mol. The van der Waals surface area contributed by atoms with Crippen LogP contribution >= 0.6 is 27.3 Å². The average molecular weight is 360 g/mol. The standard InChI is InChI=1S/C18H18BrNS/c1-3-20-17(18-16(19)10-11-21-18)15-9-8-12(2)13-6-4-5-7-14(13)15/h4-11,17,20H,3H2,1-2H3. The van der Waals surface area contributed by atoms with Crippen LogP contribution < -0.4 is 5.32 Å². The first-order chi connectivity index (χ1) is 10.2. The molecule has 1 unspecified atom stereocenters. The van der Waals surface area contributed by atoms with Crippen LogP contribution in [0.2, 0.25) is 0 Å². The third-order valence-electron chi connectivity index (χ3n) is 3.80. The Labute approximate surface area is 138 Å². The monoisotopic (exact) mass is 359 g/mol. The molecule has 1 nitrogen and oxygen atoms in total. The normalized spacial score (nSPS) is 12.7. The van der Waals surface area contributed by atoms with Crippen LogP contribution in [0.4, 0.5) is 0 Å². The molecule has 0 radical (unpaired) electrons. The van der Waals surface area contributed by atoms with Crippen LogP contribution in [-0.4, -0.2) is 6.54 Å². The van der Waals surface area contributed by atoms with Crippen molar-refractivity contribution in [1.82, 2.24) is 5.32 Å². The fourth-order valence-electron chi connectivity index (χ4n) is 2.78. The first-order valence-corrected chi connectivity index (χ1v) is 8.84. The average Bonchev–Trinajstić information content (AvgIpc) is 2.92. The minimum Gasteiger partial charge on any atom is -0.306 e. The first kappa shape index (κ1) is 14.8. The Hall–Kier alpha value is -1.16. The van der Waals surface area contributed by atoms with Crippen LogP contribution in [0.15, 0.2) is 52.3 Å². The topological polar surface area (TPSA) is 12.0 Å². The molecule has 108 valence electrons. The van der Waals surface area contributed by atoms with Crippen molar-refractivity contribution in [2.45, 2.75) is 19.9 Å². The second-order valence-corrected chi connectivity index (χ2v) is 6.94. The molecule has 0 spiro atoms. The van der Waals surface area contributed by atoms with E-state index in [-0.39, 0.29) is 6.04 Å². The SMILES string of the molecule is CCNC(c1sccc1Br)c1ccc(C)c2ccccc12. The quantitative estimate of drug-likeness (QED) is 0.632. The van der Waals surface area contributed by atoms with Crippen molar-refractivity contribution in [3.63, 3.8) is 0 Å². The number of hydrogen-bond acceptors (Lipinski definition) is 2. The van der Waals surface area contributed by atoms with Crippen molar-refractivity contribution >= 4 is 38.0 Å². The molecule has 0 saturated heterocycles. The van der Waals surface area contributed by atoms with E-state index in [0.717, 1.165) is 6.54 Å². The molecule has 0 saturated carbocycles. The summed E-state index contributed by atoms with van der Waals surface area (Å²) in [5.74, 6) is 0. The second-order valence-electron chi connectivity index (χ2n) is 5.14. The van der Waals surface area contributed by atoms with Crippen LogP contribution in [0.5, 0.6) is 0 Å². The van der Waals surface area contributed by atoms with Crippen LogP contribution in [0.3, 0.4) is 0 Å². The van der Waals surface area contributed by atoms with Gasteiger partial charge < -0.3 is 5.32 Å². The number of aryl methyl sites for hydroxylation is 1. The van der Waals surface area contributed by atoms with E-state index >= 15 is 0 Å². The van der Waals surface area contributed by atoms with Gasteiger partial charge in [-0.3, -0.25) is 0 Å². The summed E-state index contributed by atoms with van der Waals surface area (Å²) in [6, 6.07) is 15.5. The molecular weight excluding hydrogens is 342 g/mol. The lowest BCUT2D eigenvalue weighted by Crippen LogP contribution is -2.21. The van der Waals surface area contributed by atoms with Crippen LogP contribution in [0.1, 0.15) is 29.0 Å². The van der Waals surface area contributed by atoms with Gasteiger partial charge in [0, 0.05) is 9.35 Å². The summed E-state index contributed by atoms with van der Waals surface area (Å²) in [7, 11) is 0. The summed E-state index contributed by atoms with van der Waals surface area (Å²) in [6.45, 7) is 5.28. The lowest BCUT2D eigenvalue weighted by atomic mass is 9.95. The van der Waals surface area contributed by atoms with E-state index in [9.17, 15) is 0 Å². The van der Waals surface area contributed by atoms with Gasteiger partial charge >= 0.3 is 0 Å². The van der Waals surface area contributed by atoms with E-state index in [2.05, 4.69) is 82.9 Å². The molecule has 1 atom stereocenters. The summed E-state index contributed by atoms with van der Waals surface area (Å²) in [6.07, 6.45) is 0. The van der Waals surface area contributed by atoms with Crippen molar-refractivity contribution in [1.29, 1.82) is 0 Å². The zero-order valence-corrected chi connectivity index (χ0v) is 14.6. The molecule has 3 heteroatoms. The highest BCUT2D eigenvalue weighted by Crippen LogP contribution is 2.36. The Kier molecular flexibility index (Phi) is 4.43. The molecule has 1 heterocycles. The van der Waals surface area contributed by atoms with E-state index in [1.54, 1.807) is 11.3 Å². The summed E-state index contributed by atoms with van der Waals surface area (Å²) in [5, 5.41) is 8.45. The zero-order valence-electron chi connectivity index (χ0n) is 12.2. The van der Waals surface area contributed by atoms with E-state index in [1.807, 2.05) is 0 Å². The maximum atomic E-state index is 3.68. The highest BCUT2D eigenvalue weighted by Gasteiger charge is 2.19. The summed E-state index contributed by atoms with van der Waals surface area (Å²) < 4.78 is 1.18. The fourth-order valence-corrected chi connectivity index (χ4v) is 4.48. The Morgan fingerprint density at radius 1 is 1.10 bits per heavy atom. The predicted octanol–water partition coefficient (Wildman–Crippen LogP) is 5.67. The highest BCUT2D eigenvalue weighted by atomic mass is 79.9. The van der Waals surface area contributed by atoms with Gasteiger partial charge in [0.05, 0.1) is 6.04 Å². The molecule has 0 bridgehead atoms. The summed E-state index contributed by atoms with van der Waals surface area (Å²) in [4.78, 5) is 1.34. The molecular formula is C18H18BrNS. The molecule has 3 aromatic rings. The van der Waals surface area contributed by atoms with Crippen molar-refractivity contribution in [2.75, 3.05) is 6.54 Å².